The van der Waals surface area contributed by atoms with Gasteiger partial charge in [0, 0.05) is 37.0 Å². The van der Waals surface area contributed by atoms with E-state index in [0.717, 1.165) is 48.7 Å². The number of nitrogens with two attached hydrogens (primary N) is 3. The molecule has 2 aliphatic heterocycles. The van der Waals surface area contributed by atoms with Crippen LogP contribution < -0.4 is 26.8 Å². The molecule has 3 aromatic rings. The van der Waals surface area contributed by atoms with Gasteiger partial charge in [-0.1, -0.05) is 6.07 Å². The van der Waals surface area contributed by atoms with Crippen molar-refractivity contribution in [2.45, 2.75) is 38.3 Å². The summed E-state index contributed by atoms with van der Waals surface area (Å²) in [5, 5.41) is 0.531. The highest BCUT2D eigenvalue weighted by Crippen LogP contribution is 2.51. The van der Waals surface area contributed by atoms with Gasteiger partial charge in [0.05, 0.1) is 25.5 Å². The van der Waals surface area contributed by atoms with Crippen LogP contribution in [-0.2, 0) is 19.4 Å². The van der Waals surface area contributed by atoms with E-state index in [1.165, 1.54) is 22.5 Å². The summed E-state index contributed by atoms with van der Waals surface area (Å²) < 4.78 is 5.41. The lowest BCUT2D eigenvalue weighted by Crippen LogP contribution is -2.44. The van der Waals surface area contributed by atoms with Crippen LogP contribution in [0.5, 0.6) is 5.75 Å². The number of amides is 1. The second-order valence-electron chi connectivity index (χ2n) is 9.93. The van der Waals surface area contributed by atoms with Crippen LogP contribution in [-0.4, -0.2) is 52.5 Å². The monoisotopic (exact) mass is 506 g/mol. The minimum absolute atomic E-state index is 0.0140. The smallest absolute Gasteiger partial charge is 0.276 e. The lowest BCUT2D eigenvalue weighted by Gasteiger charge is -2.42. The SMILES string of the molecule is COc1ccc2c(c1)C(N)C1(CCN(c3cnc(C(=O)N4CCc5nc(N)sc5C4)c(N)n3)CC1)C2. The molecular weight excluding hydrogens is 476 g/mol. The summed E-state index contributed by atoms with van der Waals surface area (Å²) in [5.41, 5.74) is 22.6. The van der Waals surface area contributed by atoms with E-state index in [9.17, 15) is 4.79 Å². The lowest BCUT2D eigenvalue weighted by molar-refractivity contribution is 0.0731. The first-order chi connectivity index (χ1) is 17.4. The van der Waals surface area contributed by atoms with Gasteiger partial charge in [0.1, 0.15) is 11.6 Å². The first kappa shape index (κ1) is 23.0. The van der Waals surface area contributed by atoms with Gasteiger partial charge >= 0.3 is 0 Å². The number of hydrogen-bond donors (Lipinski definition) is 3. The Bertz CT molecular complexity index is 1330. The number of hydrogen-bond acceptors (Lipinski definition) is 10. The third kappa shape index (κ3) is 3.73. The maximum absolute atomic E-state index is 13.1. The van der Waals surface area contributed by atoms with Gasteiger partial charge in [0.25, 0.3) is 5.91 Å². The van der Waals surface area contributed by atoms with E-state index in [4.69, 9.17) is 21.9 Å². The van der Waals surface area contributed by atoms with Crippen molar-refractivity contribution < 1.29 is 9.53 Å². The van der Waals surface area contributed by atoms with E-state index in [2.05, 4.69) is 32.0 Å². The van der Waals surface area contributed by atoms with Crippen LogP contribution in [0.3, 0.4) is 0 Å². The third-order valence-corrected chi connectivity index (χ3v) is 8.91. The molecule has 188 valence electrons. The molecule has 10 nitrogen and oxygen atoms in total. The number of nitrogens with zero attached hydrogens (tertiary/aromatic N) is 5. The number of methoxy groups -OCH3 is 1. The molecule has 11 heteroatoms. The average molecular weight is 507 g/mol. The molecule has 0 saturated carbocycles. The van der Waals surface area contributed by atoms with Crippen LogP contribution in [0.4, 0.5) is 16.8 Å². The molecule has 6 N–H and O–H groups in total. The molecule has 4 heterocycles. The molecule has 1 fully saturated rings. The highest BCUT2D eigenvalue weighted by molar-refractivity contribution is 7.15. The first-order valence-electron chi connectivity index (χ1n) is 12.2. The first-order valence-corrected chi connectivity index (χ1v) is 13.0. The molecule has 1 amide bonds. The van der Waals surface area contributed by atoms with Gasteiger partial charge in [-0.15, -0.1) is 11.3 Å². The Morgan fingerprint density at radius 3 is 2.75 bits per heavy atom. The van der Waals surface area contributed by atoms with Crippen molar-refractivity contribution in [3.05, 3.63) is 51.8 Å². The van der Waals surface area contributed by atoms with Crippen molar-refractivity contribution in [1.82, 2.24) is 19.9 Å². The molecule has 3 aliphatic rings. The summed E-state index contributed by atoms with van der Waals surface area (Å²) in [6, 6.07) is 6.22. The highest BCUT2D eigenvalue weighted by Gasteiger charge is 2.46. The van der Waals surface area contributed by atoms with Crippen molar-refractivity contribution >= 4 is 34.0 Å². The van der Waals surface area contributed by atoms with Crippen LogP contribution >= 0.6 is 11.3 Å². The number of fused-ring (bicyclic) bond motifs is 2. The summed E-state index contributed by atoms with van der Waals surface area (Å²) >= 11 is 1.42. The van der Waals surface area contributed by atoms with Crippen molar-refractivity contribution in [2.75, 3.05) is 43.1 Å². The topological polar surface area (TPSA) is 150 Å². The standard InChI is InChI=1S/C25H30N8O2S/c1-35-15-3-2-14-11-25(21(26)16(14)10-15)5-8-32(9-6-25)19-12-29-20(22(27)31-19)23(34)33-7-4-17-18(13-33)36-24(28)30-17/h2-3,10,12,21H,4-9,11,13,26H2,1H3,(H2,27,31)(H2,28,30). The third-order valence-electron chi connectivity index (χ3n) is 8.00. The normalized spacial score (nSPS) is 20.3. The largest absolute Gasteiger partial charge is 0.497 e. The number of ether oxygens (including phenoxy) is 1. The fraction of sp³-hybridized carbons (Fsp3) is 0.440. The molecule has 2 aromatic heterocycles. The number of anilines is 3. The number of piperidine rings is 1. The van der Waals surface area contributed by atoms with E-state index in [1.54, 1.807) is 18.2 Å². The zero-order chi connectivity index (χ0) is 25.0. The minimum atomic E-state index is -0.216. The van der Waals surface area contributed by atoms with E-state index in [-0.39, 0.29) is 28.9 Å². The van der Waals surface area contributed by atoms with Gasteiger partial charge in [0.2, 0.25) is 0 Å². The summed E-state index contributed by atoms with van der Waals surface area (Å²) in [4.78, 5) is 31.4. The average Bonchev–Trinajstić information content (AvgIpc) is 3.39. The van der Waals surface area contributed by atoms with Crippen LogP contribution in [0, 0.1) is 5.41 Å². The summed E-state index contributed by atoms with van der Waals surface area (Å²) in [6.45, 7) is 2.64. The Labute approximate surface area is 213 Å². The second kappa shape index (κ2) is 8.59. The molecule has 1 spiro atoms. The molecule has 1 saturated heterocycles. The van der Waals surface area contributed by atoms with E-state index >= 15 is 0 Å². The van der Waals surface area contributed by atoms with E-state index < -0.39 is 0 Å². The Hall–Kier alpha value is -3.44. The van der Waals surface area contributed by atoms with Gasteiger partial charge in [-0.05, 0) is 47.9 Å². The number of thiazole rings is 1. The van der Waals surface area contributed by atoms with E-state index in [1.807, 2.05) is 6.07 Å². The summed E-state index contributed by atoms with van der Waals surface area (Å²) in [6.07, 6.45) is 5.21. The quantitative estimate of drug-likeness (QED) is 0.485. The maximum Gasteiger partial charge on any atom is 0.276 e. The molecule has 6 rings (SSSR count). The van der Waals surface area contributed by atoms with Gasteiger partial charge in [-0.3, -0.25) is 4.79 Å². The van der Waals surface area contributed by atoms with Crippen molar-refractivity contribution in [3.8, 4) is 5.75 Å². The Morgan fingerprint density at radius 2 is 2.00 bits per heavy atom. The zero-order valence-corrected chi connectivity index (χ0v) is 21.1. The van der Waals surface area contributed by atoms with Gasteiger partial charge in [-0.2, -0.15) is 0 Å². The van der Waals surface area contributed by atoms with Gasteiger partial charge in [0.15, 0.2) is 16.6 Å². The molecular formula is C25H30N8O2S. The number of carbonyl (C=O) groups is 1. The number of aromatic nitrogens is 3. The lowest BCUT2D eigenvalue weighted by atomic mass is 9.73. The molecule has 0 bridgehead atoms. The van der Waals surface area contributed by atoms with Crippen molar-refractivity contribution in [3.63, 3.8) is 0 Å². The second-order valence-corrected chi connectivity index (χ2v) is 11.0. The Morgan fingerprint density at radius 1 is 1.19 bits per heavy atom. The number of carbonyl (C=O) groups excluding carboxylic acids is 1. The van der Waals surface area contributed by atoms with Crippen LogP contribution in [0.1, 0.15) is 51.1 Å². The fourth-order valence-electron chi connectivity index (χ4n) is 5.89. The molecule has 1 unspecified atom stereocenters. The predicted octanol–water partition coefficient (Wildman–Crippen LogP) is 2.15. The van der Waals surface area contributed by atoms with E-state index in [0.29, 0.717) is 30.5 Å². The maximum atomic E-state index is 13.1. The predicted molar refractivity (Wildman–Crippen MR) is 139 cm³/mol. The van der Waals surface area contributed by atoms with Crippen LogP contribution in [0.25, 0.3) is 0 Å². The Balaban J connectivity index is 1.14. The molecule has 1 aliphatic carbocycles. The molecule has 1 atom stereocenters. The van der Waals surface area contributed by atoms with Crippen molar-refractivity contribution in [1.29, 1.82) is 0 Å². The molecule has 36 heavy (non-hydrogen) atoms. The molecule has 1 aromatic carbocycles. The van der Waals surface area contributed by atoms with Crippen molar-refractivity contribution in [2.24, 2.45) is 11.1 Å². The molecule has 0 radical (unpaired) electrons. The minimum Gasteiger partial charge on any atom is -0.497 e. The Kier molecular flexibility index (Phi) is 5.49. The summed E-state index contributed by atoms with van der Waals surface area (Å²) in [5.74, 6) is 1.48. The highest BCUT2D eigenvalue weighted by atomic mass is 32.1. The fourth-order valence-corrected chi connectivity index (χ4v) is 6.78. The van der Waals surface area contributed by atoms with Crippen LogP contribution in [0.15, 0.2) is 24.4 Å². The summed E-state index contributed by atoms with van der Waals surface area (Å²) in [7, 11) is 1.68. The number of benzene rings is 1. The number of rotatable bonds is 3. The van der Waals surface area contributed by atoms with Gasteiger partial charge < -0.3 is 31.7 Å². The zero-order valence-electron chi connectivity index (χ0n) is 20.2. The number of nitrogen functional groups attached to an aromatic ring is 2. The van der Waals surface area contributed by atoms with Crippen LogP contribution in [0.2, 0.25) is 0 Å². The van der Waals surface area contributed by atoms with Gasteiger partial charge in [-0.25, -0.2) is 15.0 Å².